The van der Waals surface area contributed by atoms with E-state index in [0.717, 1.165) is 29.3 Å². The van der Waals surface area contributed by atoms with Crippen LogP contribution in [0.25, 0.3) is 0 Å². The van der Waals surface area contributed by atoms with Gasteiger partial charge in [-0.2, -0.15) is 0 Å². The van der Waals surface area contributed by atoms with E-state index in [1.165, 1.54) is 0 Å². The summed E-state index contributed by atoms with van der Waals surface area (Å²) in [5.74, 6) is 0. The van der Waals surface area contributed by atoms with Crippen molar-refractivity contribution in [2.45, 2.75) is 36.6 Å². The molecule has 3 nitrogen and oxygen atoms in total. The van der Waals surface area contributed by atoms with Crippen molar-refractivity contribution >= 4 is 17.4 Å². The van der Waals surface area contributed by atoms with E-state index in [9.17, 15) is 0 Å². The highest BCUT2D eigenvalue weighted by molar-refractivity contribution is 7.99. The summed E-state index contributed by atoms with van der Waals surface area (Å²) in [5.41, 5.74) is 7.70. The van der Waals surface area contributed by atoms with Gasteiger partial charge < -0.3 is 10.5 Å². The summed E-state index contributed by atoms with van der Waals surface area (Å²) in [7, 11) is 0. The molecule has 15 heavy (non-hydrogen) atoms. The van der Waals surface area contributed by atoms with E-state index in [2.05, 4.69) is 11.9 Å². The van der Waals surface area contributed by atoms with Crippen LogP contribution < -0.4 is 5.73 Å². The Hall–Kier alpha value is -0.740. The predicted octanol–water partition coefficient (Wildman–Crippen LogP) is 2.24. The van der Waals surface area contributed by atoms with Crippen molar-refractivity contribution in [3.63, 3.8) is 0 Å². The molecule has 2 N–H and O–H groups in total. The summed E-state index contributed by atoms with van der Waals surface area (Å²) in [6, 6.07) is 1.95. The molecule has 0 amide bonds. The zero-order valence-corrected chi connectivity index (χ0v) is 9.88. The van der Waals surface area contributed by atoms with E-state index in [1.807, 2.05) is 19.2 Å². The molecule has 1 saturated heterocycles. The molecule has 1 fully saturated rings. The van der Waals surface area contributed by atoms with E-state index in [-0.39, 0.29) is 0 Å². The Morgan fingerprint density at radius 1 is 1.60 bits per heavy atom. The number of hydrogen-bond donors (Lipinski definition) is 1. The molecule has 1 aliphatic heterocycles. The number of aromatic nitrogens is 1. The third-order valence-electron chi connectivity index (χ3n) is 2.70. The molecule has 2 atom stereocenters. The Balaban J connectivity index is 2.07. The molecule has 1 aromatic rings. The number of thioether (sulfide) groups is 1. The van der Waals surface area contributed by atoms with Gasteiger partial charge >= 0.3 is 0 Å². The van der Waals surface area contributed by atoms with Crippen LogP contribution in [0.15, 0.2) is 17.3 Å². The number of pyridine rings is 1. The standard InChI is InChI=1S/C11H16N2OS/c1-7-6-13-11(5-9(7)12)15-10-3-4-14-8(10)2/h5-6,8,10H,3-4H2,1-2H3,(H2,12,13). The van der Waals surface area contributed by atoms with Crippen molar-refractivity contribution in [2.24, 2.45) is 0 Å². The third-order valence-corrected chi connectivity index (χ3v) is 4.09. The number of nitrogens with zero attached hydrogens (tertiary/aromatic N) is 1. The van der Waals surface area contributed by atoms with Gasteiger partial charge in [0, 0.05) is 23.7 Å². The van der Waals surface area contributed by atoms with Crippen LogP contribution in [0.3, 0.4) is 0 Å². The van der Waals surface area contributed by atoms with Gasteiger partial charge in [-0.25, -0.2) is 4.98 Å². The molecule has 1 aromatic heterocycles. The van der Waals surface area contributed by atoms with E-state index >= 15 is 0 Å². The van der Waals surface area contributed by atoms with Crippen LogP contribution in [0.2, 0.25) is 0 Å². The van der Waals surface area contributed by atoms with E-state index < -0.39 is 0 Å². The maximum Gasteiger partial charge on any atom is 0.0984 e. The number of aryl methyl sites for hydroxylation is 1. The monoisotopic (exact) mass is 224 g/mol. The minimum atomic E-state index is 0.319. The summed E-state index contributed by atoms with van der Waals surface area (Å²) >= 11 is 1.77. The van der Waals surface area contributed by atoms with Crippen molar-refractivity contribution in [1.29, 1.82) is 0 Å². The number of anilines is 1. The van der Waals surface area contributed by atoms with E-state index in [4.69, 9.17) is 10.5 Å². The molecule has 82 valence electrons. The van der Waals surface area contributed by atoms with Gasteiger partial charge in [-0.3, -0.25) is 0 Å². The molecule has 1 aliphatic rings. The van der Waals surface area contributed by atoms with E-state index in [1.54, 1.807) is 11.8 Å². The first-order chi connectivity index (χ1) is 7.16. The lowest BCUT2D eigenvalue weighted by atomic mass is 10.3. The average Bonchev–Trinajstić information content (AvgIpc) is 2.59. The fraction of sp³-hybridized carbons (Fsp3) is 0.545. The summed E-state index contributed by atoms with van der Waals surface area (Å²) in [6.07, 6.45) is 3.25. The molecule has 2 unspecified atom stereocenters. The summed E-state index contributed by atoms with van der Waals surface area (Å²) < 4.78 is 5.51. The first-order valence-corrected chi connectivity index (χ1v) is 6.05. The molecule has 0 aliphatic carbocycles. The zero-order chi connectivity index (χ0) is 10.8. The largest absolute Gasteiger partial charge is 0.398 e. The van der Waals surface area contributed by atoms with Crippen molar-refractivity contribution in [3.8, 4) is 0 Å². The van der Waals surface area contributed by atoms with Gasteiger partial charge in [0.05, 0.1) is 11.1 Å². The lowest BCUT2D eigenvalue weighted by Gasteiger charge is -2.13. The fourth-order valence-electron chi connectivity index (χ4n) is 1.61. The van der Waals surface area contributed by atoms with Crippen LogP contribution in [0.1, 0.15) is 18.9 Å². The Labute approximate surface area is 94.4 Å². The Morgan fingerprint density at radius 3 is 3.00 bits per heavy atom. The second-order valence-corrected chi connectivity index (χ2v) is 5.16. The highest BCUT2D eigenvalue weighted by atomic mass is 32.2. The highest BCUT2D eigenvalue weighted by Crippen LogP contribution is 2.32. The predicted molar refractivity (Wildman–Crippen MR) is 63.1 cm³/mol. The fourth-order valence-corrected chi connectivity index (χ4v) is 2.71. The van der Waals surface area contributed by atoms with Gasteiger partial charge in [-0.05, 0) is 31.9 Å². The maximum atomic E-state index is 5.84. The Bertz CT molecular complexity index is 356. The van der Waals surface area contributed by atoms with Gasteiger partial charge in [0.25, 0.3) is 0 Å². The molecule has 0 radical (unpaired) electrons. The molecule has 2 rings (SSSR count). The number of nitrogens with two attached hydrogens (primary N) is 1. The Kier molecular flexibility index (Phi) is 3.17. The van der Waals surface area contributed by atoms with Crippen LogP contribution in [-0.4, -0.2) is 22.9 Å². The smallest absolute Gasteiger partial charge is 0.0984 e. The van der Waals surface area contributed by atoms with E-state index in [0.29, 0.717) is 11.4 Å². The molecule has 0 aromatic carbocycles. The third kappa shape index (κ3) is 2.44. The molecule has 0 saturated carbocycles. The van der Waals surface area contributed by atoms with Gasteiger partial charge in [-0.1, -0.05) is 0 Å². The number of rotatable bonds is 2. The van der Waals surface area contributed by atoms with Crippen LogP contribution >= 0.6 is 11.8 Å². The van der Waals surface area contributed by atoms with Crippen molar-refractivity contribution < 1.29 is 4.74 Å². The lowest BCUT2D eigenvalue weighted by Crippen LogP contribution is -2.13. The lowest BCUT2D eigenvalue weighted by molar-refractivity contribution is 0.127. The Morgan fingerprint density at radius 2 is 2.40 bits per heavy atom. The van der Waals surface area contributed by atoms with Crippen LogP contribution in [-0.2, 0) is 4.74 Å². The number of hydrogen-bond acceptors (Lipinski definition) is 4. The zero-order valence-electron chi connectivity index (χ0n) is 9.06. The number of ether oxygens (including phenoxy) is 1. The first kappa shape index (κ1) is 10.8. The van der Waals surface area contributed by atoms with Gasteiger partial charge in [0.15, 0.2) is 0 Å². The summed E-state index contributed by atoms with van der Waals surface area (Å²) in [5, 5.41) is 1.51. The van der Waals surface area contributed by atoms with Crippen molar-refractivity contribution in [3.05, 3.63) is 17.8 Å². The van der Waals surface area contributed by atoms with Gasteiger partial charge in [0.2, 0.25) is 0 Å². The average molecular weight is 224 g/mol. The molecule has 0 spiro atoms. The van der Waals surface area contributed by atoms with Gasteiger partial charge in [0.1, 0.15) is 0 Å². The SMILES string of the molecule is Cc1cnc(SC2CCOC2C)cc1N. The second-order valence-electron chi connectivity index (χ2n) is 3.90. The second kappa shape index (κ2) is 4.41. The highest BCUT2D eigenvalue weighted by Gasteiger charge is 2.25. The number of nitrogen functional groups attached to an aromatic ring is 1. The van der Waals surface area contributed by atoms with Crippen LogP contribution in [0.4, 0.5) is 5.69 Å². The molecular weight excluding hydrogens is 208 g/mol. The van der Waals surface area contributed by atoms with Crippen molar-refractivity contribution in [1.82, 2.24) is 4.98 Å². The topological polar surface area (TPSA) is 48.1 Å². The van der Waals surface area contributed by atoms with Crippen molar-refractivity contribution in [2.75, 3.05) is 12.3 Å². The maximum absolute atomic E-state index is 5.84. The molecular formula is C11H16N2OS. The quantitative estimate of drug-likeness (QED) is 0.837. The van der Waals surface area contributed by atoms with Crippen LogP contribution in [0, 0.1) is 6.92 Å². The molecule has 0 bridgehead atoms. The minimum Gasteiger partial charge on any atom is -0.398 e. The van der Waals surface area contributed by atoms with Gasteiger partial charge in [-0.15, -0.1) is 11.8 Å². The minimum absolute atomic E-state index is 0.319. The molecule has 4 heteroatoms. The molecule has 2 heterocycles. The van der Waals surface area contributed by atoms with Crippen LogP contribution in [0.5, 0.6) is 0 Å². The summed E-state index contributed by atoms with van der Waals surface area (Å²) in [4.78, 5) is 4.36. The summed E-state index contributed by atoms with van der Waals surface area (Å²) in [6.45, 7) is 4.94. The normalized spacial score (nSPS) is 25.7. The first-order valence-electron chi connectivity index (χ1n) is 5.17.